The molecular formula is C17H18FN3O. The van der Waals surface area contributed by atoms with Crippen molar-refractivity contribution in [1.82, 2.24) is 4.98 Å². The number of hydrogen-bond donors (Lipinski definition) is 2. The van der Waals surface area contributed by atoms with Gasteiger partial charge in [0, 0.05) is 12.2 Å². The number of aromatic nitrogens is 1. The lowest BCUT2D eigenvalue weighted by molar-refractivity contribution is -0.117. The first-order valence-corrected chi connectivity index (χ1v) is 7.43. The normalized spacial score (nSPS) is 14.6. The molecular weight excluding hydrogens is 281 g/mol. The number of halogens is 1. The summed E-state index contributed by atoms with van der Waals surface area (Å²) in [6.07, 6.45) is 1.99. The van der Waals surface area contributed by atoms with Crippen LogP contribution in [0.5, 0.6) is 0 Å². The zero-order valence-electron chi connectivity index (χ0n) is 12.4. The van der Waals surface area contributed by atoms with Crippen LogP contribution in [0.25, 0.3) is 0 Å². The van der Waals surface area contributed by atoms with Gasteiger partial charge in [-0.15, -0.1) is 0 Å². The van der Waals surface area contributed by atoms with Crippen LogP contribution in [0, 0.1) is 5.82 Å². The number of nitrogens with one attached hydrogen (secondary N) is 2. The maximum absolute atomic E-state index is 12.9. The molecule has 2 N–H and O–H groups in total. The molecule has 114 valence electrons. The SMILES string of the molecule is CC(C(=O)Nc1ccc(F)cc1)c1ccc2c(n1)CCCN2. The predicted octanol–water partition coefficient (Wildman–Crippen LogP) is 3.32. The topological polar surface area (TPSA) is 54.0 Å². The van der Waals surface area contributed by atoms with Crippen molar-refractivity contribution in [2.75, 3.05) is 17.2 Å². The van der Waals surface area contributed by atoms with Crippen LogP contribution in [-0.2, 0) is 11.2 Å². The summed E-state index contributed by atoms with van der Waals surface area (Å²) in [6.45, 7) is 2.79. The fourth-order valence-electron chi connectivity index (χ4n) is 2.51. The van der Waals surface area contributed by atoms with Gasteiger partial charge in [-0.25, -0.2) is 4.39 Å². The molecule has 3 rings (SSSR count). The average molecular weight is 299 g/mol. The number of benzene rings is 1. The monoisotopic (exact) mass is 299 g/mol. The molecule has 0 saturated carbocycles. The summed E-state index contributed by atoms with van der Waals surface area (Å²) in [4.78, 5) is 16.9. The summed E-state index contributed by atoms with van der Waals surface area (Å²) in [5.41, 5.74) is 3.41. The first kappa shape index (κ1) is 14.5. The minimum atomic E-state index is -0.364. The minimum absolute atomic E-state index is 0.150. The van der Waals surface area contributed by atoms with E-state index in [0.717, 1.165) is 36.5 Å². The molecule has 1 atom stereocenters. The summed E-state index contributed by atoms with van der Waals surface area (Å²) in [5.74, 6) is -0.838. The lowest BCUT2D eigenvalue weighted by Gasteiger charge is -2.19. The molecule has 5 heteroatoms. The highest BCUT2D eigenvalue weighted by atomic mass is 19.1. The molecule has 1 aromatic carbocycles. The van der Waals surface area contributed by atoms with Crippen LogP contribution in [0.3, 0.4) is 0 Å². The molecule has 2 aromatic rings. The second-order valence-electron chi connectivity index (χ2n) is 5.48. The number of nitrogens with zero attached hydrogens (tertiary/aromatic N) is 1. The molecule has 1 aromatic heterocycles. The van der Waals surface area contributed by atoms with Crippen LogP contribution < -0.4 is 10.6 Å². The van der Waals surface area contributed by atoms with Gasteiger partial charge in [-0.1, -0.05) is 0 Å². The molecule has 1 unspecified atom stereocenters. The minimum Gasteiger partial charge on any atom is -0.384 e. The second kappa shape index (κ2) is 6.13. The van der Waals surface area contributed by atoms with Crippen molar-refractivity contribution in [3.63, 3.8) is 0 Å². The van der Waals surface area contributed by atoms with Crippen LogP contribution in [0.15, 0.2) is 36.4 Å². The molecule has 0 bridgehead atoms. The van der Waals surface area contributed by atoms with Crippen LogP contribution >= 0.6 is 0 Å². The van der Waals surface area contributed by atoms with Crippen LogP contribution in [0.2, 0.25) is 0 Å². The molecule has 2 heterocycles. The number of hydrogen-bond acceptors (Lipinski definition) is 3. The van der Waals surface area contributed by atoms with Crippen molar-refractivity contribution in [2.24, 2.45) is 0 Å². The van der Waals surface area contributed by atoms with Crippen molar-refractivity contribution in [1.29, 1.82) is 0 Å². The fraction of sp³-hybridized carbons (Fsp3) is 0.294. The lowest BCUT2D eigenvalue weighted by atomic mass is 10.0. The zero-order chi connectivity index (χ0) is 15.5. The van der Waals surface area contributed by atoms with Gasteiger partial charge in [-0.3, -0.25) is 9.78 Å². The Morgan fingerprint density at radius 1 is 1.27 bits per heavy atom. The number of pyridine rings is 1. The number of carbonyl (C=O) groups excluding carboxylic acids is 1. The summed E-state index contributed by atoms with van der Waals surface area (Å²) in [5, 5.41) is 6.09. The number of rotatable bonds is 3. The van der Waals surface area contributed by atoms with E-state index < -0.39 is 0 Å². The molecule has 1 amide bonds. The van der Waals surface area contributed by atoms with Crippen molar-refractivity contribution in [3.05, 3.63) is 53.6 Å². The molecule has 1 aliphatic rings. The highest BCUT2D eigenvalue weighted by Gasteiger charge is 2.19. The van der Waals surface area contributed by atoms with Gasteiger partial charge < -0.3 is 10.6 Å². The molecule has 1 aliphatic heterocycles. The number of anilines is 2. The average Bonchev–Trinajstić information content (AvgIpc) is 2.55. The zero-order valence-corrected chi connectivity index (χ0v) is 12.4. The fourth-order valence-corrected chi connectivity index (χ4v) is 2.51. The summed E-state index contributed by atoms with van der Waals surface area (Å²) in [6, 6.07) is 9.60. The number of aryl methyl sites for hydroxylation is 1. The van der Waals surface area contributed by atoms with E-state index in [1.165, 1.54) is 12.1 Å². The Morgan fingerprint density at radius 3 is 2.82 bits per heavy atom. The van der Waals surface area contributed by atoms with Gasteiger partial charge in [0.1, 0.15) is 5.82 Å². The lowest BCUT2D eigenvalue weighted by Crippen LogP contribution is -2.21. The Labute approximate surface area is 128 Å². The first-order chi connectivity index (χ1) is 10.6. The Balaban J connectivity index is 1.73. The van der Waals surface area contributed by atoms with Crippen LogP contribution in [-0.4, -0.2) is 17.4 Å². The van der Waals surface area contributed by atoms with Crippen molar-refractivity contribution in [3.8, 4) is 0 Å². The van der Waals surface area contributed by atoms with Gasteiger partial charge in [-0.2, -0.15) is 0 Å². The van der Waals surface area contributed by atoms with Crippen LogP contribution in [0.4, 0.5) is 15.8 Å². The Bertz CT molecular complexity index is 685. The maximum atomic E-state index is 12.9. The molecule has 0 aliphatic carbocycles. The predicted molar refractivity (Wildman–Crippen MR) is 84.5 cm³/mol. The van der Waals surface area contributed by atoms with Gasteiger partial charge in [0.05, 0.1) is 23.0 Å². The first-order valence-electron chi connectivity index (χ1n) is 7.43. The molecule has 0 fully saturated rings. The van der Waals surface area contributed by atoms with E-state index in [2.05, 4.69) is 15.6 Å². The van der Waals surface area contributed by atoms with E-state index in [1.807, 2.05) is 19.1 Å². The third-order valence-electron chi connectivity index (χ3n) is 3.85. The standard InChI is InChI=1S/C17H18FN3O/c1-11(17(22)20-13-6-4-12(18)5-7-13)14-8-9-15-16(21-14)3-2-10-19-15/h4-9,11,19H,2-3,10H2,1H3,(H,20,22). The van der Waals surface area contributed by atoms with E-state index in [1.54, 1.807) is 12.1 Å². The van der Waals surface area contributed by atoms with Crippen LogP contribution in [0.1, 0.15) is 30.7 Å². The highest BCUT2D eigenvalue weighted by Crippen LogP contribution is 2.24. The van der Waals surface area contributed by atoms with Gasteiger partial charge in [-0.05, 0) is 56.2 Å². The molecule has 4 nitrogen and oxygen atoms in total. The van der Waals surface area contributed by atoms with E-state index in [9.17, 15) is 9.18 Å². The number of carbonyl (C=O) groups is 1. The number of fused-ring (bicyclic) bond motifs is 1. The van der Waals surface area contributed by atoms with Gasteiger partial charge in [0.15, 0.2) is 0 Å². The van der Waals surface area contributed by atoms with E-state index in [4.69, 9.17) is 0 Å². The Morgan fingerprint density at radius 2 is 2.05 bits per heavy atom. The molecule has 0 saturated heterocycles. The van der Waals surface area contributed by atoms with Crippen molar-refractivity contribution in [2.45, 2.75) is 25.7 Å². The van der Waals surface area contributed by atoms with Crippen molar-refractivity contribution < 1.29 is 9.18 Å². The largest absolute Gasteiger partial charge is 0.384 e. The summed E-state index contributed by atoms with van der Waals surface area (Å²) < 4.78 is 12.9. The molecule has 22 heavy (non-hydrogen) atoms. The second-order valence-corrected chi connectivity index (χ2v) is 5.48. The van der Waals surface area contributed by atoms with E-state index in [0.29, 0.717) is 5.69 Å². The molecule has 0 spiro atoms. The van der Waals surface area contributed by atoms with E-state index >= 15 is 0 Å². The highest BCUT2D eigenvalue weighted by molar-refractivity contribution is 5.95. The van der Waals surface area contributed by atoms with Gasteiger partial charge in [0.25, 0.3) is 0 Å². The summed E-state index contributed by atoms with van der Waals surface area (Å²) >= 11 is 0. The van der Waals surface area contributed by atoms with Crippen molar-refractivity contribution >= 4 is 17.3 Å². The quantitative estimate of drug-likeness (QED) is 0.914. The maximum Gasteiger partial charge on any atom is 0.233 e. The smallest absolute Gasteiger partial charge is 0.233 e. The Hall–Kier alpha value is -2.43. The summed E-state index contributed by atoms with van der Waals surface area (Å²) in [7, 11) is 0. The Kier molecular flexibility index (Phi) is 4.04. The molecule has 0 radical (unpaired) electrons. The number of amides is 1. The van der Waals surface area contributed by atoms with Gasteiger partial charge in [0.2, 0.25) is 5.91 Å². The van der Waals surface area contributed by atoms with E-state index in [-0.39, 0.29) is 17.6 Å². The third kappa shape index (κ3) is 3.08. The third-order valence-corrected chi connectivity index (χ3v) is 3.85. The van der Waals surface area contributed by atoms with Gasteiger partial charge >= 0.3 is 0 Å².